The van der Waals surface area contributed by atoms with Gasteiger partial charge in [-0.25, -0.2) is 0 Å². The highest BCUT2D eigenvalue weighted by Crippen LogP contribution is 2.41. The average Bonchev–Trinajstić information content (AvgIpc) is 2.83. The normalized spacial score (nSPS) is 21.7. The number of rotatable bonds is 3. The van der Waals surface area contributed by atoms with Crippen molar-refractivity contribution in [3.05, 3.63) is 29.3 Å². The first-order chi connectivity index (χ1) is 10.9. The topological polar surface area (TPSA) is 49.8 Å². The number of para-hydroxylation sites is 1. The molecule has 0 aromatic heterocycles. The molecule has 2 heterocycles. The van der Waals surface area contributed by atoms with E-state index in [1.54, 1.807) is 0 Å². The minimum absolute atomic E-state index is 0.0260. The van der Waals surface area contributed by atoms with Crippen LogP contribution in [0.1, 0.15) is 62.4 Å². The number of carbonyl (C=O) groups is 1. The Balaban J connectivity index is 1.77. The van der Waals surface area contributed by atoms with Crippen molar-refractivity contribution in [3.8, 4) is 5.75 Å². The van der Waals surface area contributed by atoms with Crippen molar-refractivity contribution < 1.29 is 14.6 Å². The Bertz CT molecular complexity index is 601. The highest BCUT2D eigenvalue weighted by atomic mass is 16.5. The number of amides is 1. The van der Waals surface area contributed by atoms with E-state index in [-0.39, 0.29) is 11.3 Å². The van der Waals surface area contributed by atoms with Crippen LogP contribution in [0.15, 0.2) is 18.2 Å². The monoisotopic (exact) mass is 317 g/mol. The summed E-state index contributed by atoms with van der Waals surface area (Å²) in [5.41, 5.74) is 1.13. The van der Waals surface area contributed by atoms with Crippen LogP contribution in [0.25, 0.3) is 0 Å². The summed E-state index contributed by atoms with van der Waals surface area (Å²) in [7, 11) is 0. The number of likely N-dealkylation sites (tertiary alicyclic amines) is 1. The number of nitrogens with zero attached hydrogens (tertiary/aromatic N) is 1. The lowest BCUT2D eigenvalue weighted by Crippen LogP contribution is -2.46. The molecular weight excluding hydrogens is 290 g/mol. The molecule has 0 bridgehead atoms. The van der Waals surface area contributed by atoms with Crippen LogP contribution in [0.3, 0.4) is 0 Å². The number of carbonyl (C=O) groups excluding carboxylic acids is 1. The van der Waals surface area contributed by atoms with Crippen molar-refractivity contribution in [1.29, 1.82) is 0 Å². The van der Waals surface area contributed by atoms with Gasteiger partial charge in [0.2, 0.25) is 0 Å². The summed E-state index contributed by atoms with van der Waals surface area (Å²) in [5, 5.41) is 10.5. The van der Waals surface area contributed by atoms with Gasteiger partial charge < -0.3 is 14.7 Å². The third-order valence-corrected chi connectivity index (χ3v) is 5.25. The van der Waals surface area contributed by atoms with E-state index in [2.05, 4.69) is 26.8 Å². The van der Waals surface area contributed by atoms with Gasteiger partial charge >= 0.3 is 0 Å². The van der Waals surface area contributed by atoms with Crippen LogP contribution in [-0.2, 0) is 5.41 Å². The zero-order valence-corrected chi connectivity index (χ0v) is 14.4. The van der Waals surface area contributed by atoms with Gasteiger partial charge in [0.15, 0.2) is 0 Å². The van der Waals surface area contributed by atoms with E-state index in [1.807, 2.05) is 17.0 Å². The van der Waals surface area contributed by atoms with E-state index in [1.165, 1.54) is 0 Å². The molecule has 0 saturated carbocycles. The predicted molar refractivity (Wildman–Crippen MR) is 90.0 cm³/mol. The number of benzene rings is 1. The molecule has 1 aromatic carbocycles. The minimum atomic E-state index is -0.595. The molecule has 0 atom stereocenters. The summed E-state index contributed by atoms with van der Waals surface area (Å²) in [6.07, 6.45) is 3.11. The molecule has 0 spiro atoms. The molecule has 1 aromatic rings. The number of aliphatic hydroxyl groups is 1. The molecule has 1 N–H and O–H groups in total. The summed E-state index contributed by atoms with van der Waals surface area (Å²) in [5.74, 6) is 0.773. The van der Waals surface area contributed by atoms with E-state index >= 15 is 0 Å². The molecule has 0 radical (unpaired) electrons. The van der Waals surface area contributed by atoms with Gasteiger partial charge in [0.05, 0.1) is 17.8 Å². The zero-order valence-electron chi connectivity index (χ0n) is 14.4. The first-order valence-corrected chi connectivity index (χ1v) is 8.64. The fourth-order valence-electron chi connectivity index (χ4n) is 3.74. The Morgan fingerprint density at radius 3 is 2.65 bits per heavy atom. The van der Waals surface area contributed by atoms with E-state index < -0.39 is 5.60 Å². The number of piperidine rings is 1. The van der Waals surface area contributed by atoms with Crippen LogP contribution >= 0.6 is 0 Å². The lowest BCUT2D eigenvalue weighted by molar-refractivity contribution is -0.0233. The predicted octanol–water partition coefficient (Wildman–Crippen LogP) is 3.12. The molecule has 1 saturated heterocycles. The molecule has 1 amide bonds. The summed E-state index contributed by atoms with van der Waals surface area (Å²) < 4.78 is 5.84. The molecule has 4 nitrogen and oxygen atoms in total. The molecule has 2 aliphatic rings. The van der Waals surface area contributed by atoms with E-state index in [0.717, 1.165) is 24.2 Å². The second-order valence-electron chi connectivity index (χ2n) is 7.62. The number of hydrogen-bond acceptors (Lipinski definition) is 3. The van der Waals surface area contributed by atoms with Crippen LogP contribution in [0.2, 0.25) is 0 Å². The molecule has 3 rings (SSSR count). The molecule has 126 valence electrons. The van der Waals surface area contributed by atoms with Gasteiger partial charge in [-0.05, 0) is 25.3 Å². The fourth-order valence-corrected chi connectivity index (χ4v) is 3.74. The molecule has 4 heteroatoms. The van der Waals surface area contributed by atoms with Gasteiger partial charge in [-0.15, -0.1) is 0 Å². The van der Waals surface area contributed by atoms with Crippen molar-refractivity contribution in [3.63, 3.8) is 0 Å². The standard InChI is InChI=1S/C19H27NO3/c1-4-8-19(22)9-11-20(12-10-19)17(21)14-6-5-7-15-16(14)23-13-18(15,2)3/h5-7,22H,4,8-13H2,1-3H3. The van der Waals surface area contributed by atoms with Crippen LogP contribution in [0.5, 0.6) is 5.75 Å². The van der Waals surface area contributed by atoms with Gasteiger partial charge in [0.25, 0.3) is 5.91 Å². The molecule has 0 unspecified atom stereocenters. The van der Waals surface area contributed by atoms with Gasteiger partial charge in [0.1, 0.15) is 5.75 Å². The summed E-state index contributed by atoms with van der Waals surface area (Å²) in [6, 6.07) is 5.85. The Labute approximate surface area is 138 Å². The highest BCUT2D eigenvalue weighted by Gasteiger charge is 2.37. The lowest BCUT2D eigenvalue weighted by atomic mass is 9.85. The molecular formula is C19H27NO3. The van der Waals surface area contributed by atoms with E-state index in [4.69, 9.17) is 4.74 Å². The van der Waals surface area contributed by atoms with E-state index in [9.17, 15) is 9.90 Å². The van der Waals surface area contributed by atoms with E-state index in [0.29, 0.717) is 38.1 Å². The van der Waals surface area contributed by atoms with Crippen molar-refractivity contribution in [2.75, 3.05) is 19.7 Å². The molecule has 2 aliphatic heterocycles. The number of fused-ring (bicyclic) bond motifs is 1. The first kappa shape index (κ1) is 16.3. The SMILES string of the molecule is CCCC1(O)CCN(C(=O)c2cccc3c2OCC3(C)C)CC1. The van der Waals surface area contributed by atoms with Crippen LogP contribution < -0.4 is 4.74 Å². The van der Waals surface area contributed by atoms with Gasteiger partial charge in [-0.2, -0.15) is 0 Å². The zero-order chi connectivity index (χ0) is 16.7. The fraction of sp³-hybridized carbons (Fsp3) is 0.632. The summed E-state index contributed by atoms with van der Waals surface area (Å²) >= 11 is 0. The van der Waals surface area contributed by atoms with Crippen LogP contribution in [-0.4, -0.2) is 41.2 Å². The Hall–Kier alpha value is -1.55. The Morgan fingerprint density at radius 1 is 1.30 bits per heavy atom. The molecule has 1 fully saturated rings. The van der Waals surface area contributed by atoms with Gasteiger partial charge in [-0.1, -0.05) is 39.3 Å². The maximum Gasteiger partial charge on any atom is 0.257 e. The Kier molecular flexibility index (Phi) is 4.13. The highest BCUT2D eigenvalue weighted by molar-refractivity contribution is 5.97. The van der Waals surface area contributed by atoms with Crippen molar-refractivity contribution in [2.45, 2.75) is 57.5 Å². The maximum atomic E-state index is 12.9. The smallest absolute Gasteiger partial charge is 0.257 e. The quantitative estimate of drug-likeness (QED) is 0.932. The molecule has 23 heavy (non-hydrogen) atoms. The van der Waals surface area contributed by atoms with Crippen molar-refractivity contribution in [2.24, 2.45) is 0 Å². The largest absolute Gasteiger partial charge is 0.492 e. The van der Waals surface area contributed by atoms with Gasteiger partial charge in [0, 0.05) is 24.1 Å². The minimum Gasteiger partial charge on any atom is -0.492 e. The van der Waals surface area contributed by atoms with Crippen molar-refractivity contribution in [1.82, 2.24) is 4.90 Å². The van der Waals surface area contributed by atoms with Crippen molar-refractivity contribution >= 4 is 5.91 Å². The number of hydrogen-bond donors (Lipinski definition) is 1. The first-order valence-electron chi connectivity index (χ1n) is 8.64. The summed E-state index contributed by atoms with van der Waals surface area (Å²) in [4.78, 5) is 14.8. The second kappa shape index (κ2) is 5.82. The third-order valence-electron chi connectivity index (χ3n) is 5.25. The second-order valence-corrected chi connectivity index (χ2v) is 7.62. The average molecular weight is 317 g/mol. The van der Waals surface area contributed by atoms with Crippen LogP contribution in [0.4, 0.5) is 0 Å². The van der Waals surface area contributed by atoms with Gasteiger partial charge in [-0.3, -0.25) is 4.79 Å². The molecule has 0 aliphatic carbocycles. The Morgan fingerprint density at radius 2 is 2.00 bits per heavy atom. The summed E-state index contributed by atoms with van der Waals surface area (Å²) in [6.45, 7) is 8.20. The van der Waals surface area contributed by atoms with Crippen LogP contribution in [0, 0.1) is 0 Å². The third kappa shape index (κ3) is 2.97. The number of ether oxygens (including phenoxy) is 1. The maximum absolute atomic E-state index is 12.9. The lowest BCUT2D eigenvalue weighted by Gasteiger charge is -2.38.